The second kappa shape index (κ2) is 13.2. The van der Waals surface area contributed by atoms with E-state index in [-0.39, 0.29) is 36.7 Å². The SMILES string of the molecule is COc1ccc(COc2ccc(C(=O)N3CC(O)CO3)c(OC[C@@H](O)CN3CCC4(CC3)Cc3cc(Cl)ccc3O4)c2)cc1. The largest absolute Gasteiger partial charge is 0.497 e. The summed E-state index contributed by atoms with van der Waals surface area (Å²) in [5.74, 6) is 2.00. The zero-order valence-electron chi connectivity index (χ0n) is 24.6. The Balaban J connectivity index is 1.06. The Labute approximate surface area is 261 Å². The van der Waals surface area contributed by atoms with Gasteiger partial charge in [0.05, 0.1) is 19.2 Å². The molecule has 0 aliphatic carbocycles. The summed E-state index contributed by atoms with van der Waals surface area (Å²) in [6, 6.07) is 18.3. The molecule has 1 spiro atoms. The summed E-state index contributed by atoms with van der Waals surface area (Å²) in [6.07, 6.45) is 0.999. The van der Waals surface area contributed by atoms with Crippen LogP contribution >= 0.6 is 11.6 Å². The summed E-state index contributed by atoms with van der Waals surface area (Å²) in [7, 11) is 1.61. The molecular formula is C33H37ClN2O8. The molecule has 2 fully saturated rings. The first kappa shape index (κ1) is 30.5. The van der Waals surface area contributed by atoms with Crippen molar-refractivity contribution in [1.29, 1.82) is 0 Å². The van der Waals surface area contributed by atoms with Crippen LogP contribution in [0.5, 0.6) is 23.0 Å². The summed E-state index contributed by atoms with van der Waals surface area (Å²) in [5.41, 5.74) is 2.12. The topological polar surface area (TPSA) is 110 Å². The van der Waals surface area contributed by atoms with E-state index < -0.39 is 18.1 Å². The number of hydrogen-bond donors (Lipinski definition) is 2. The third-order valence-corrected chi connectivity index (χ3v) is 8.54. The van der Waals surface area contributed by atoms with Gasteiger partial charge in [-0.2, -0.15) is 0 Å². The molecule has 3 aromatic carbocycles. The Morgan fingerprint density at radius 1 is 1.07 bits per heavy atom. The number of amides is 1. The van der Waals surface area contributed by atoms with Gasteiger partial charge < -0.3 is 34.1 Å². The number of aliphatic hydroxyl groups excluding tert-OH is 2. The van der Waals surface area contributed by atoms with Gasteiger partial charge in [-0.1, -0.05) is 23.7 Å². The van der Waals surface area contributed by atoms with E-state index in [1.807, 2.05) is 42.5 Å². The normalized spacial score (nSPS) is 19.8. The van der Waals surface area contributed by atoms with Crippen molar-refractivity contribution in [2.24, 2.45) is 0 Å². The summed E-state index contributed by atoms with van der Waals surface area (Å²) >= 11 is 6.18. The van der Waals surface area contributed by atoms with Crippen molar-refractivity contribution in [1.82, 2.24) is 9.96 Å². The second-order valence-electron chi connectivity index (χ2n) is 11.6. The van der Waals surface area contributed by atoms with Crippen LogP contribution in [0.4, 0.5) is 0 Å². The van der Waals surface area contributed by atoms with E-state index in [9.17, 15) is 15.0 Å². The molecule has 2 saturated heterocycles. The molecule has 44 heavy (non-hydrogen) atoms. The Kier molecular flexibility index (Phi) is 9.16. The molecule has 11 heteroatoms. The molecule has 0 bridgehead atoms. The molecule has 10 nitrogen and oxygen atoms in total. The molecule has 0 saturated carbocycles. The smallest absolute Gasteiger partial charge is 0.281 e. The molecule has 3 aliphatic rings. The number of likely N-dealkylation sites (tertiary alicyclic amines) is 1. The maximum absolute atomic E-state index is 13.2. The van der Waals surface area contributed by atoms with Gasteiger partial charge in [-0.25, -0.2) is 5.06 Å². The Morgan fingerprint density at radius 3 is 2.57 bits per heavy atom. The van der Waals surface area contributed by atoms with Crippen LogP contribution in [-0.4, -0.2) is 90.4 Å². The molecule has 0 aromatic heterocycles. The molecular weight excluding hydrogens is 588 g/mol. The number of hydrogen-bond acceptors (Lipinski definition) is 9. The quantitative estimate of drug-likeness (QED) is 0.347. The van der Waals surface area contributed by atoms with Crippen LogP contribution < -0.4 is 18.9 Å². The van der Waals surface area contributed by atoms with Crippen molar-refractivity contribution in [3.8, 4) is 23.0 Å². The number of carbonyl (C=O) groups is 1. The lowest BCUT2D eigenvalue weighted by Crippen LogP contribution is -2.49. The molecule has 0 radical (unpaired) electrons. The van der Waals surface area contributed by atoms with Gasteiger partial charge in [-0.15, -0.1) is 0 Å². The molecule has 1 unspecified atom stereocenters. The van der Waals surface area contributed by atoms with E-state index in [0.29, 0.717) is 18.9 Å². The standard InChI is InChI=1S/C33H37ClN2O8/c1-40-27-5-2-22(3-6-27)19-41-28-7-8-29(32(39)36-18-26(38)21-43-36)31(15-28)42-20-25(37)17-35-12-10-33(11-13-35)16-23-14-24(34)4-9-30(23)44-33/h2-9,14-15,25-26,37-38H,10-13,16-21H2,1H3/t25-,26?/m0/s1. The zero-order chi connectivity index (χ0) is 30.7. The van der Waals surface area contributed by atoms with Crippen molar-refractivity contribution in [3.05, 3.63) is 82.4 Å². The maximum atomic E-state index is 13.2. The number of rotatable bonds is 10. The van der Waals surface area contributed by atoms with Crippen molar-refractivity contribution in [3.63, 3.8) is 0 Å². The van der Waals surface area contributed by atoms with Gasteiger partial charge in [0, 0.05) is 50.0 Å². The number of piperidine rings is 1. The number of benzene rings is 3. The molecule has 6 rings (SSSR count). The highest BCUT2D eigenvalue weighted by atomic mass is 35.5. The number of aliphatic hydroxyl groups is 2. The van der Waals surface area contributed by atoms with Gasteiger partial charge in [0.1, 0.15) is 60.6 Å². The van der Waals surface area contributed by atoms with Gasteiger partial charge in [-0.3, -0.25) is 9.63 Å². The molecule has 3 aliphatic heterocycles. The number of fused-ring (bicyclic) bond motifs is 1. The molecule has 2 atom stereocenters. The molecule has 3 heterocycles. The van der Waals surface area contributed by atoms with E-state index in [0.717, 1.165) is 65.1 Å². The van der Waals surface area contributed by atoms with Crippen molar-refractivity contribution in [2.45, 2.75) is 43.7 Å². The highest BCUT2D eigenvalue weighted by molar-refractivity contribution is 6.30. The average molecular weight is 625 g/mol. The van der Waals surface area contributed by atoms with E-state index in [1.165, 1.54) is 0 Å². The van der Waals surface area contributed by atoms with Crippen LogP contribution in [0.15, 0.2) is 60.7 Å². The molecule has 1 amide bonds. The van der Waals surface area contributed by atoms with E-state index in [4.69, 9.17) is 35.4 Å². The van der Waals surface area contributed by atoms with Crippen LogP contribution in [0, 0.1) is 0 Å². The molecule has 2 N–H and O–H groups in total. The minimum Gasteiger partial charge on any atom is -0.497 e. The summed E-state index contributed by atoms with van der Waals surface area (Å²) < 4.78 is 23.6. The Bertz CT molecular complexity index is 1460. The summed E-state index contributed by atoms with van der Waals surface area (Å²) in [5, 5.41) is 22.6. The lowest BCUT2D eigenvalue weighted by atomic mass is 9.87. The van der Waals surface area contributed by atoms with Crippen molar-refractivity contribution < 1.29 is 38.8 Å². The number of β-amino-alcohol motifs (C(OH)–C–C–N with tert-alkyl or cyclic N) is 2. The highest BCUT2D eigenvalue weighted by Gasteiger charge is 2.42. The van der Waals surface area contributed by atoms with Crippen LogP contribution in [0.1, 0.15) is 34.3 Å². The van der Waals surface area contributed by atoms with Gasteiger partial charge in [-0.05, 0) is 53.6 Å². The number of carbonyl (C=O) groups excluding carboxylic acids is 1. The Morgan fingerprint density at radius 2 is 1.84 bits per heavy atom. The van der Waals surface area contributed by atoms with Crippen LogP contribution in [0.25, 0.3) is 0 Å². The van der Waals surface area contributed by atoms with Crippen molar-refractivity contribution >= 4 is 17.5 Å². The van der Waals surface area contributed by atoms with Crippen LogP contribution in [0.3, 0.4) is 0 Å². The Hall–Kier alpha value is -3.54. The highest BCUT2D eigenvalue weighted by Crippen LogP contribution is 2.42. The van der Waals surface area contributed by atoms with Gasteiger partial charge >= 0.3 is 0 Å². The minimum absolute atomic E-state index is 0.0201. The van der Waals surface area contributed by atoms with Gasteiger partial charge in [0.15, 0.2) is 0 Å². The number of halogens is 1. The first-order valence-corrected chi connectivity index (χ1v) is 15.2. The first-order valence-electron chi connectivity index (χ1n) is 14.8. The number of hydroxylamine groups is 2. The van der Waals surface area contributed by atoms with Crippen molar-refractivity contribution in [2.75, 3.05) is 46.5 Å². The lowest BCUT2D eigenvalue weighted by Gasteiger charge is -2.39. The van der Waals surface area contributed by atoms with Crippen LogP contribution in [-0.2, 0) is 17.9 Å². The fourth-order valence-electron chi connectivity index (χ4n) is 5.89. The monoisotopic (exact) mass is 624 g/mol. The first-order chi connectivity index (χ1) is 21.3. The van der Waals surface area contributed by atoms with Gasteiger partial charge in [0.25, 0.3) is 5.91 Å². The number of methoxy groups -OCH3 is 1. The fourth-order valence-corrected chi connectivity index (χ4v) is 6.08. The molecule has 234 valence electrons. The zero-order valence-corrected chi connectivity index (χ0v) is 25.4. The minimum atomic E-state index is -0.791. The number of ether oxygens (including phenoxy) is 4. The average Bonchev–Trinajstić information content (AvgIpc) is 3.63. The third kappa shape index (κ3) is 7.06. The predicted octanol–water partition coefficient (Wildman–Crippen LogP) is 3.89. The fraction of sp³-hybridized carbons (Fsp3) is 0.424. The number of nitrogens with zero attached hydrogens (tertiary/aromatic N) is 2. The van der Waals surface area contributed by atoms with E-state index >= 15 is 0 Å². The summed E-state index contributed by atoms with van der Waals surface area (Å²) in [4.78, 5) is 20.8. The van der Waals surface area contributed by atoms with Gasteiger partial charge in [0.2, 0.25) is 0 Å². The van der Waals surface area contributed by atoms with E-state index in [2.05, 4.69) is 4.90 Å². The van der Waals surface area contributed by atoms with E-state index in [1.54, 1.807) is 25.3 Å². The maximum Gasteiger partial charge on any atom is 0.281 e. The predicted molar refractivity (Wildman–Crippen MR) is 162 cm³/mol. The molecule has 3 aromatic rings. The second-order valence-corrected chi connectivity index (χ2v) is 12.0. The third-order valence-electron chi connectivity index (χ3n) is 8.30. The summed E-state index contributed by atoms with van der Waals surface area (Å²) in [6.45, 7) is 2.39. The van der Waals surface area contributed by atoms with Crippen LogP contribution in [0.2, 0.25) is 5.02 Å². The lowest BCUT2D eigenvalue weighted by molar-refractivity contribution is -0.0781.